The van der Waals surface area contributed by atoms with Crippen LogP contribution in [0.25, 0.3) is 22.0 Å². The molecule has 0 radical (unpaired) electrons. The summed E-state index contributed by atoms with van der Waals surface area (Å²) in [7, 11) is 3.86. The van der Waals surface area contributed by atoms with Gasteiger partial charge in [-0.15, -0.1) is 11.8 Å². The van der Waals surface area contributed by atoms with E-state index in [0.717, 1.165) is 11.1 Å². The highest BCUT2D eigenvalue weighted by atomic mass is 35.5. The molecule has 7 nitrogen and oxygen atoms in total. The molecular formula is C22H25ClFN3O4S. The van der Waals surface area contributed by atoms with Crippen LogP contribution < -0.4 is 11.2 Å². The van der Waals surface area contributed by atoms with Crippen molar-refractivity contribution >= 4 is 34.3 Å². The highest BCUT2D eigenvalue weighted by Crippen LogP contribution is 2.39. The Labute approximate surface area is 193 Å². The van der Waals surface area contributed by atoms with E-state index < -0.39 is 23.2 Å². The van der Waals surface area contributed by atoms with Crippen molar-refractivity contribution < 1.29 is 14.2 Å². The Bertz CT molecular complexity index is 1230. The molecule has 10 heteroatoms. The molecule has 2 aromatic carbocycles. The van der Waals surface area contributed by atoms with Gasteiger partial charge in [-0.3, -0.25) is 9.78 Å². The quantitative estimate of drug-likeness (QED) is 0.406. The van der Waals surface area contributed by atoms with Gasteiger partial charge in [-0.2, -0.15) is 0 Å². The number of likely N-dealkylation sites (N-methyl/N-ethyl adjacent to an activating group) is 1. The number of H-pyrrole nitrogens is 2. The number of nitrogens with zero attached hydrogens (tertiary/aromatic N) is 1. The molecule has 1 atom stereocenters. The number of ether oxygens (including phenoxy) is 1. The predicted molar refractivity (Wildman–Crippen MR) is 126 cm³/mol. The number of hydrogen-bond donors (Lipinski definition) is 3. The van der Waals surface area contributed by atoms with Gasteiger partial charge in [0.15, 0.2) is 0 Å². The fraction of sp³-hybridized carbons (Fsp3) is 0.364. The summed E-state index contributed by atoms with van der Waals surface area (Å²) in [6, 6.07) is 6.06. The summed E-state index contributed by atoms with van der Waals surface area (Å²) in [6.07, 6.45) is -0.450. The molecular weight excluding hydrogens is 457 g/mol. The van der Waals surface area contributed by atoms with Gasteiger partial charge >= 0.3 is 5.69 Å². The first-order chi connectivity index (χ1) is 15.2. The Morgan fingerprint density at radius 1 is 1.25 bits per heavy atom. The molecule has 0 saturated carbocycles. The number of benzene rings is 2. The molecule has 0 saturated heterocycles. The minimum Gasteiger partial charge on any atom is -0.394 e. The number of thioether (sulfide) groups is 1. The molecule has 0 amide bonds. The highest BCUT2D eigenvalue weighted by molar-refractivity contribution is 7.99. The third-order valence-electron chi connectivity index (χ3n) is 4.91. The zero-order chi connectivity index (χ0) is 23.4. The number of aliphatic hydroxyl groups excluding tert-OH is 1. The van der Waals surface area contributed by atoms with E-state index in [4.69, 9.17) is 16.3 Å². The van der Waals surface area contributed by atoms with Gasteiger partial charge in [0.2, 0.25) is 0 Å². The number of aryl methyl sites for hydroxylation is 1. The first kappa shape index (κ1) is 24.5. The zero-order valence-electron chi connectivity index (χ0n) is 18.0. The molecule has 0 fully saturated rings. The van der Waals surface area contributed by atoms with Crippen molar-refractivity contribution in [2.24, 2.45) is 0 Å². The summed E-state index contributed by atoms with van der Waals surface area (Å²) < 4.78 is 19.5. The molecule has 0 unspecified atom stereocenters. The van der Waals surface area contributed by atoms with Gasteiger partial charge < -0.3 is 19.7 Å². The second kappa shape index (κ2) is 10.6. The number of aromatic amines is 2. The number of aromatic nitrogens is 2. The van der Waals surface area contributed by atoms with Crippen LogP contribution in [0.1, 0.15) is 5.56 Å². The van der Waals surface area contributed by atoms with Crippen molar-refractivity contribution in [3.63, 3.8) is 0 Å². The first-order valence-corrected chi connectivity index (χ1v) is 11.3. The van der Waals surface area contributed by atoms with Crippen LogP contribution in [0.2, 0.25) is 5.02 Å². The van der Waals surface area contributed by atoms with Gasteiger partial charge in [0.25, 0.3) is 5.56 Å². The van der Waals surface area contributed by atoms with Crippen LogP contribution in [0.15, 0.2) is 38.8 Å². The minimum atomic E-state index is -0.628. The van der Waals surface area contributed by atoms with Crippen molar-refractivity contribution in [2.45, 2.75) is 17.9 Å². The molecule has 0 bridgehead atoms. The standard InChI is InChI=1S/C22H25ClFN3O4S/c1-12-8-15-19(25-22(30)26-21(15)29)20(18(12)13-4-5-17(24)16(23)9-13)32-11-14(10-28)31-7-6-27(2)3/h4-5,8-9,14,28H,6-7,10-11H2,1-3H3,(H2,25,26,29,30)/t14-/m0/s1. The van der Waals surface area contributed by atoms with E-state index in [9.17, 15) is 19.1 Å². The largest absolute Gasteiger partial charge is 0.394 e. The monoisotopic (exact) mass is 481 g/mol. The third kappa shape index (κ3) is 5.60. The van der Waals surface area contributed by atoms with Gasteiger partial charge in [0, 0.05) is 22.8 Å². The Hall–Kier alpha value is -2.17. The third-order valence-corrected chi connectivity index (χ3v) is 6.43. The zero-order valence-corrected chi connectivity index (χ0v) is 19.6. The van der Waals surface area contributed by atoms with E-state index in [0.29, 0.717) is 40.3 Å². The summed E-state index contributed by atoms with van der Waals surface area (Å²) in [5, 5.41) is 10.1. The summed E-state index contributed by atoms with van der Waals surface area (Å²) in [4.78, 5) is 32.0. The van der Waals surface area contributed by atoms with Crippen LogP contribution in [-0.4, -0.2) is 65.7 Å². The van der Waals surface area contributed by atoms with E-state index in [1.807, 2.05) is 25.9 Å². The minimum absolute atomic E-state index is 0.0300. The lowest BCUT2D eigenvalue weighted by atomic mass is 9.98. The van der Waals surface area contributed by atoms with Crippen molar-refractivity contribution in [3.05, 3.63) is 61.5 Å². The molecule has 1 heterocycles. The SMILES string of the molecule is Cc1cc2c(=O)[nH]c(=O)[nH]c2c(SC[C@H](CO)OCCN(C)C)c1-c1ccc(F)c(Cl)c1. The fourth-order valence-electron chi connectivity index (χ4n) is 3.29. The lowest BCUT2D eigenvalue weighted by molar-refractivity contribution is 0.0216. The summed E-state index contributed by atoms with van der Waals surface area (Å²) in [5.41, 5.74) is 1.36. The number of fused-ring (bicyclic) bond motifs is 1. The molecule has 0 spiro atoms. The van der Waals surface area contributed by atoms with E-state index in [1.54, 1.807) is 12.1 Å². The fourth-order valence-corrected chi connectivity index (χ4v) is 4.76. The molecule has 172 valence electrons. The maximum atomic E-state index is 13.8. The average Bonchev–Trinajstić information content (AvgIpc) is 2.73. The summed E-state index contributed by atoms with van der Waals surface area (Å²) in [5.74, 6) is -0.165. The van der Waals surface area contributed by atoms with E-state index in [1.165, 1.54) is 23.9 Å². The van der Waals surface area contributed by atoms with Crippen molar-refractivity contribution in [3.8, 4) is 11.1 Å². The van der Waals surface area contributed by atoms with E-state index in [-0.39, 0.29) is 11.6 Å². The van der Waals surface area contributed by atoms with Crippen molar-refractivity contribution in [2.75, 3.05) is 39.6 Å². The first-order valence-electron chi connectivity index (χ1n) is 9.96. The van der Waals surface area contributed by atoms with Crippen LogP contribution in [0.4, 0.5) is 4.39 Å². The number of rotatable bonds is 9. The number of aliphatic hydroxyl groups is 1. The highest BCUT2D eigenvalue weighted by Gasteiger charge is 2.19. The van der Waals surface area contributed by atoms with Gasteiger partial charge in [-0.05, 0) is 50.3 Å². The predicted octanol–water partition coefficient (Wildman–Crippen LogP) is 3.02. The molecule has 0 aliphatic carbocycles. The molecule has 3 aromatic rings. The lowest BCUT2D eigenvalue weighted by Gasteiger charge is -2.20. The van der Waals surface area contributed by atoms with E-state index >= 15 is 0 Å². The van der Waals surface area contributed by atoms with Gasteiger partial charge in [0.05, 0.1) is 35.2 Å². The second-order valence-corrected chi connectivity index (χ2v) is 9.08. The molecule has 1 aromatic heterocycles. The van der Waals surface area contributed by atoms with Crippen LogP contribution in [0.5, 0.6) is 0 Å². The molecule has 32 heavy (non-hydrogen) atoms. The smallest absolute Gasteiger partial charge is 0.326 e. The average molecular weight is 482 g/mol. The molecule has 3 rings (SSSR count). The number of halogens is 2. The maximum absolute atomic E-state index is 13.8. The summed E-state index contributed by atoms with van der Waals surface area (Å²) >= 11 is 7.36. The van der Waals surface area contributed by atoms with E-state index in [2.05, 4.69) is 9.97 Å². The number of nitrogens with one attached hydrogen (secondary N) is 2. The Kier molecular flexibility index (Phi) is 8.13. The molecule has 3 N–H and O–H groups in total. The van der Waals surface area contributed by atoms with Crippen molar-refractivity contribution in [1.29, 1.82) is 0 Å². The summed E-state index contributed by atoms with van der Waals surface area (Å²) in [6.45, 7) is 2.80. The second-order valence-electron chi connectivity index (χ2n) is 7.65. The van der Waals surface area contributed by atoms with Crippen LogP contribution in [-0.2, 0) is 4.74 Å². The Morgan fingerprint density at radius 2 is 2.00 bits per heavy atom. The lowest BCUT2D eigenvalue weighted by Crippen LogP contribution is -2.26. The van der Waals surface area contributed by atoms with Crippen LogP contribution in [0.3, 0.4) is 0 Å². The molecule has 0 aliphatic heterocycles. The van der Waals surface area contributed by atoms with Crippen LogP contribution in [0, 0.1) is 12.7 Å². The topological polar surface area (TPSA) is 98.4 Å². The van der Waals surface area contributed by atoms with Gasteiger partial charge in [-0.25, -0.2) is 9.18 Å². The maximum Gasteiger partial charge on any atom is 0.326 e. The van der Waals surface area contributed by atoms with Gasteiger partial charge in [0.1, 0.15) is 5.82 Å². The van der Waals surface area contributed by atoms with Crippen LogP contribution >= 0.6 is 23.4 Å². The number of hydrogen-bond acceptors (Lipinski definition) is 6. The van der Waals surface area contributed by atoms with Gasteiger partial charge in [-0.1, -0.05) is 17.7 Å². The van der Waals surface area contributed by atoms with Crippen molar-refractivity contribution in [1.82, 2.24) is 14.9 Å². The molecule has 0 aliphatic rings. The normalized spacial score (nSPS) is 12.6. The Morgan fingerprint density at radius 3 is 2.66 bits per heavy atom. The Balaban J connectivity index is 2.09.